The van der Waals surface area contributed by atoms with E-state index in [1.54, 1.807) is 14.1 Å². The largest absolute Gasteiger partial charge is 0.398 e. The first-order chi connectivity index (χ1) is 7.79. The van der Waals surface area contributed by atoms with Gasteiger partial charge in [-0.3, -0.25) is 4.79 Å². The van der Waals surface area contributed by atoms with E-state index in [1.165, 1.54) is 30.0 Å². The molecular weight excluding hydrogens is 240 g/mol. The van der Waals surface area contributed by atoms with Gasteiger partial charge in [-0.25, -0.2) is 8.42 Å². The van der Waals surface area contributed by atoms with Crippen LogP contribution in [0.15, 0.2) is 23.1 Å². The summed E-state index contributed by atoms with van der Waals surface area (Å²) in [5, 5.41) is 0. The SMILES string of the molecule is CCS(=O)(=O)c1cc(C(=O)N(C)C)ccc1N. The molecule has 0 fully saturated rings. The van der Waals surface area contributed by atoms with Crippen LogP contribution in [0.5, 0.6) is 0 Å². The fraction of sp³-hybridized carbons (Fsp3) is 0.364. The van der Waals surface area contributed by atoms with Crippen molar-refractivity contribution in [3.05, 3.63) is 23.8 Å². The number of benzene rings is 1. The minimum atomic E-state index is -3.41. The molecule has 94 valence electrons. The van der Waals surface area contributed by atoms with Crippen LogP contribution in [-0.4, -0.2) is 39.1 Å². The van der Waals surface area contributed by atoms with Gasteiger partial charge < -0.3 is 10.6 Å². The Bertz CT molecular complexity index is 536. The van der Waals surface area contributed by atoms with Crippen LogP contribution in [-0.2, 0) is 9.84 Å². The second-order valence-electron chi connectivity index (χ2n) is 3.86. The number of amides is 1. The Morgan fingerprint density at radius 1 is 1.35 bits per heavy atom. The van der Waals surface area contributed by atoms with Gasteiger partial charge in [-0.05, 0) is 18.2 Å². The van der Waals surface area contributed by atoms with Crippen LogP contribution in [0.1, 0.15) is 17.3 Å². The van der Waals surface area contributed by atoms with Gasteiger partial charge >= 0.3 is 0 Å². The molecule has 6 heteroatoms. The second-order valence-corrected chi connectivity index (χ2v) is 6.10. The van der Waals surface area contributed by atoms with Crippen LogP contribution >= 0.6 is 0 Å². The minimum absolute atomic E-state index is 0.0210. The number of anilines is 1. The summed E-state index contributed by atoms with van der Waals surface area (Å²) >= 11 is 0. The number of nitrogen functional groups attached to an aromatic ring is 1. The zero-order valence-corrected chi connectivity index (χ0v) is 10.9. The van der Waals surface area contributed by atoms with Crippen molar-refractivity contribution in [1.82, 2.24) is 4.90 Å². The van der Waals surface area contributed by atoms with Gasteiger partial charge in [0.25, 0.3) is 5.91 Å². The van der Waals surface area contributed by atoms with Crippen LogP contribution in [0.2, 0.25) is 0 Å². The molecule has 1 amide bonds. The Morgan fingerprint density at radius 3 is 2.41 bits per heavy atom. The average molecular weight is 256 g/mol. The Kier molecular flexibility index (Phi) is 3.77. The van der Waals surface area contributed by atoms with Crippen molar-refractivity contribution >= 4 is 21.4 Å². The van der Waals surface area contributed by atoms with Crippen molar-refractivity contribution in [2.75, 3.05) is 25.6 Å². The van der Waals surface area contributed by atoms with Crippen molar-refractivity contribution < 1.29 is 13.2 Å². The lowest BCUT2D eigenvalue weighted by Gasteiger charge is -2.12. The summed E-state index contributed by atoms with van der Waals surface area (Å²) in [7, 11) is -0.199. The number of hydrogen-bond acceptors (Lipinski definition) is 4. The molecule has 0 heterocycles. The quantitative estimate of drug-likeness (QED) is 0.810. The van der Waals surface area contributed by atoms with E-state index >= 15 is 0 Å². The van der Waals surface area contributed by atoms with Crippen molar-refractivity contribution in [3.8, 4) is 0 Å². The molecular formula is C11H16N2O3S. The molecule has 0 aliphatic carbocycles. The van der Waals surface area contributed by atoms with E-state index in [9.17, 15) is 13.2 Å². The predicted molar refractivity (Wildman–Crippen MR) is 66.6 cm³/mol. The lowest BCUT2D eigenvalue weighted by atomic mass is 10.2. The third-order valence-corrected chi connectivity index (χ3v) is 4.17. The van der Waals surface area contributed by atoms with Gasteiger partial charge in [0.2, 0.25) is 0 Å². The van der Waals surface area contributed by atoms with Crippen molar-refractivity contribution in [2.24, 2.45) is 0 Å². The fourth-order valence-corrected chi connectivity index (χ4v) is 2.40. The van der Waals surface area contributed by atoms with Crippen LogP contribution in [0, 0.1) is 0 Å². The molecule has 0 aromatic heterocycles. The van der Waals surface area contributed by atoms with Crippen molar-refractivity contribution in [3.63, 3.8) is 0 Å². The maximum absolute atomic E-state index is 11.8. The Hall–Kier alpha value is -1.56. The van der Waals surface area contributed by atoms with Gasteiger partial charge in [0, 0.05) is 19.7 Å². The Labute approximate surface area is 101 Å². The van der Waals surface area contributed by atoms with Gasteiger partial charge in [-0.15, -0.1) is 0 Å². The zero-order chi connectivity index (χ0) is 13.2. The lowest BCUT2D eigenvalue weighted by molar-refractivity contribution is 0.0827. The number of nitrogens with zero attached hydrogens (tertiary/aromatic N) is 1. The summed E-state index contributed by atoms with van der Waals surface area (Å²) in [6.45, 7) is 1.54. The molecule has 17 heavy (non-hydrogen) atoms. The van der Waals surface area contributed by atoms with Gasteiger partial charge in [-0.1, -0.05) is 6.92 Å². The molecule has 2 N–H and O–H groups in total. The van der Waals surface area contributed by atoms with E-state index in [-0.39, 0.29) is 22.2 Å². The van der Waals surface area contributed by atoms with Crippen LogP contribution < -0.4 is 5.73 Å². The maximum Gasteiger partial charge on any atom is 0.253 e. The van der Waals surface area contributed by atoms with E-state index in [2.05, 4.69) is 0 Å². The highest BCUT2D eigenvalue weighted by atomic mass is 32.2. The number of nitrogens with two attached hydrogens (primary N) is 1. The number of carbonyl (C=O) groups is 1. The molecule has 0 saturated carbocycles. The van der Waals surface area contributed by atoms with Gasteiger partial charge in [0.15, 0.2) is 9.84 Å². The first-order valence-corrected chi connectivity index (χ1v) is 6.78. The van der Waals surface area contributed by atoms with Crippen LogP contribution in [0.4, 0.5) is 5.69 Å². The molecule has 0 radical (unpaired) electrons. The maximum atomic E-state index is 11.8. The Balaban J connectivity index is 3.35. The molecule has 0 saturated heterocycles. The third-order valence-electron chi connectivity index (χ3n) is 2.38. The van der Waals surface area contributed by atoms with E-state index in [0.717, 1.165) is 0 Å². The summed E-state index contributed by atoms with van der Waals surface area (Å²) < 4.78 is 23.5. The summed E-state index contributed by atoms with van der Waals surface area (Å²) in [6.07, 6.45) is 0. The monoisotopic (exact) mass is 256 g/mol. The summed E-state index contributed by atoms with van der Waals surface area (Å²) in [4.78, 5) is 13.1. The lowest BCUT2D eigenvalue weighted by Crippen LogP contribution is -2.22. The van der Waals surface area contributed by atoms with Gasteiger partial charge in [0.05, 0.1) is 16.3 Å². The van der Waals surface area contributed by atoms with Crippen molar-refractivity contribution in [2.45, 2.75) is 11.8 Å². The normalized spacial score (nSPS) is 11.2. The highest BCUT2D eigenvalue weighted by Gasteiger charge is 2.18. The molecule has 1 aromatic carbocycles. The van der Waals surface area contributed by atoms with E-state index < -0.39 is 9.84 Å². The molecule has 0 spiro atoms. The smallest absolute Gasteiger partial charge is 0.253 e. The molecule has 1 rings (SSSR count). The average Bonchev–Trinajstić information content (AvgIpc) is 2.28. The summed E-state index contributed by atoms with van der Waals surface area (Å²) in [5.41, 5.74) is 6.11. The molecule has 0 aliphatic rings. The molecule has 0 unspecified atom stereocenters. The minimum Gasteiger partial charge on any atom is -0.398 e. The van der Waals surface area contributed by atoms with E-state index in [0.29, 0.717) is 5.56 Å². The van der Waals surface area contributed by atoms with Crippen LogP contribution in [0.25, 0.3) is 0 Å². The standard InChI is InChI=1S/C11H16N2O3S/c1-4-17(15,16)10-7-8(5-6-9(10)12)11(14)13(2)3/h5-7H,4,12H2,1-3H3. The first kappa shape index (κ1) is 13.5. The fourth-order valence-electron chi connectivity index (χ4n) is 1.35. The van der Waals surface area contributed by atoms with E-state index in [4.69, 9.17) is 5.73 Å². The van der Waals surface area contributed by atoms with Gasteiger partial charge in [0.1, 0.15) is 0 Å². The molecule has 0 bridgehead atoms. The number of sulfone groups is 1. The van der Waals surface area contributed by atoms with Crippen molar-refractivity contribution in [1.29, 1.82) is 0 Å². The number of hydrogen-bond donors (Lipinski definition) is 1. The second kappa shape index (κ2) is 4.75. The molecule has 1 aromatic rings. The topological polar surface area (TPSA) is 80.5 Å². The van der Waals surface area contributed by atoms with E-state index in [1.807, 2.05) is 0 Å². The summed E-state index contributed by atoms with van der Waals surface area (Å²) in [6, 6.07) is 4.29. The zero-order valence-electron chi connectivity index (χ0n) is 10.1. The molecule has 0 aliphatic heterocycles. The number of rotatable bonds is 3. The summed E-state index contributed by atoms with van der Waals surface area (Å²) in [5.74, 6) is -0.297. The molecule has 5 nitrogen and oxygen atoms in total. The van der Waals surface area contributed by atoms with Crippen LogP contribution in [0.3, 0.4) is 0 Å². The molecule has 0 atom stereocenters. The Morgan fingerprint density at radius 2 is 1.94 bits per heavy atom. The van der Waals surface area contributed by atoms with Gasteiger partial charge in [-0.2, -0.15) is 0 Å². The highest BCUT2D eigenvalue weighted by Crippen LogP contribution is 2.21. The first-order valence-electron chi connectivity index (χ1n) is 5.13. The third kappa shape index (κ3) is 2.76. The predicted octanol–water partition coefficient (Wildman–Crippen LogP) is 0.764. The highest BCUT2D eigenvalue weighted by molar-refractivity contribution is 7.91. The number of carbonyl (C=O) groups excluding carboxylic acids is 1.